The van der Waals surface area contributed by atoms with Crippen molar-refractivity contribution < 1.29 is 23.1 Å². The second kappa shape index (κ2) is 7.67. The van der Waals surface area contributed by atoms with Crippen LogP contribution in [-0.2, 0) is 4.79 Å². The molecule has 150 valence electrons. The molecule has 1 aliphatic heterocycles. The van der Waals surface area contributed by atoms with Crippen LogP contribution in [0, 0.1) is 11.6 Å². The van der Waals surface area contributed by atoms with Gasteiger partial charge in [0.2, 0.25) is 5.91 Å². The van der Waals surface area contributed by atoms with Crippen LogP contribution in [0.25, 0.3) is 10.1 Å². The number of urea groups is 1. The summed E-state index contributed by atoms with van der Waals surface area (Å²) in [4.78, 5) is 24.6. The first-order valence-corrected chi connectivity index (χ1v) is 9.64. The molecule has 3 amide bonds. The lowest BCUT2D eigenvalue weighted by Gasteiger charge is -2.20. The van der Waals surface area contributed by atoms with Crippen LogP contribution in [0.4, 0.5) is 18.6 Å². The number of rotatable bonds is 4. The SMILES string of the molecule is COc1cc(F)c(C2CNC(=O)C2NC(=O)Nc2cc3ccccc3s2)c(F)c1. The fourth-order valence-electron chi connectivity index (χ4n) is 3.42. The van der Waals surface area contributed by atoms with Gasteiger partial charge >= 0.3 is 6.03 Å². The lowest BCUT2D eigenvalue weighted by atomic mass is 9.93. The largest absolute Gasteiger partial charge is 0.497 e. The molecule has 2 heterocycles. The molecule has 1 aliphatic rings. The summed E-state index contributed by atoms with van der Waals surface area (Å²) >= 11 is 1.38. The minimum Gasteiger partial charge on any atom is -0.497 e. The molecule has 29 heavy (non-hydrogen) atoms. The van der Waals surface area contributed by atoms with Crippen LogP contribution in [-0.4, -0.2) is 31.6 Å². The highest BCUT2D eigenvalue weighted by atomic mass is 32.1. The van der Waals surface area contributed by atoms with Gasteiger partial charge in [0.1, 0.15) is 23.4 Å². The van der Waals surface area contributed by atoms with Gasteiger partial charge in [-0.3, -0.25) is 10.1 Å². The van der Waals surface area contributed by atoms with Crippen LogP contribution in [0.15, 0.2) is 42.5 Å². The van der Waals surface area contributed by atoms with E-state index in [1.807, 2.05) is 30.3 Å². The Morgan fingerprint density at radius 1 is 1.21 bits per heavy atom. The van der Waals surface area contributed by atoms with Gasteiger partial charge in [0.05, 0.1) is 12.1 Å². The number of methoxy groups -OCH3 is 1. The topological polar surface area (TPSA) is 79.5 Å². The Balaban J connectivity index is 1.53. The summed E-state index contributed by atoms with van der Waals surface area (Å²) in [7, 11) is 1.30. The van der Waals surface area contributed by atoms with Gasteiger partial charge in [-0.25, -0.2) is 13.6 Å². The molecular formula is C20H17F2N3O3S. The van der Waals surface area contributed by atoms with E-state index in [1.165, 1.54) is 18.4 Å². The van der Waals surface area contributed by atoms with E-state index in [0.29, 0.717) is 5.00 Å². The van der Waals surface area contributed by atoms with Crippen LogP contribution in [0.5, 0.6) is 5.75 Å². The number of carbonyl (C=O) groups is 2. The Bertz CT molecular complexity index is 1050. The van der Waals surface area contributed by atoms with Gasteiger partial charge in [-0.05, 0) is 17.5 Å². The molecule has 1 fully saturated rings. The van der Waals surface area contributed by atoms with Gasteiger partial charge in [-0.15, -0.1) is 11.3 Å². The molecule has 3 aromatic rings. The van der Waals surface area contributed by atoms with E-state index in [9.17, 15) is 18.4 Å². The molecule has 0 radical (unpaired) electrons. The molecular weight excluding hydrogens is 400 g/mol. The molecule has 1 saturated heterocycles. The quantitative estimate of drug-likeness (QED) is 0.607. The summed E-state index contributed by atoms with van der Waals surface area (Å²) in [6.07, 6.45) is 0. The maximum Gasteiger partial charge on any atom is 0.320 e. The Kier molecular flexibility index (Phi) is 5.06. The second-order valence-corrected chi connectivity index (χ2v) is 7.66. The lowest BCUT2D eigenvalue weighted by Crippen LogP contribution is -2.45. The minimum atomic E-state index is -1.11. The van der Waals surface area contributed by atoms with Gasteiger partial charge in [-0.2, -0.15) is 0 Å². The van der Waals surface area contributed by atoms with E-state index in [0.717, 1.165) is 22.2 Å². The summed E-state index contributed by atoms with van der Waals surface area (Å²) in [5.74, 6) is -3.02. The van der Waals surface area contributed by atoms with Crippen molar-refractivity contribution in [1.82, 2.24) is 10.6 Å². The van der Waals surface area contributed by atoms with E-state index >= 15 is 0 Å². The molecule has 0 spiro atoms. The van der Waals surface area contributed by atoms with Crippen molar-refractivity contribution in [2.24, 2.45) is 0 Å². The molecule has 9 heteroatoms. The number of nitrogens with one attached hydrogen (secondary N) is 3. The van der Waals surface area contributed by atoms with Gasteiger partial charge in [0.25, 0.3) is 0 Å². The highest BCUT2D eigenvalue weighted by molar-refractivity contribution is 7.22. The monoisotopic (exact) mass is 417 g/mol. The van der Waals surface area contributed by atoms with Crippen molar-refractivity contribution >= 4 is 38.4 Å². The minimum absolute atomic E-state index is 0.00678. The Hall–Kier alpha value is -3.20. The third-order valence-corrected chi connectivity index (χ3v) is 5.82. The number of halogens is 2. The number of fused-ring (bicyclic) bond motifs is 1. The Morgan fingerprint density at radius 3 is 2.62 bits per heavy atom. The zero-order valence-electron chi connectivity index (χ0n) is 15.3. The van der Waals surface area contributed by atoms with E-state index in [-0.39, 0.29) is 17.9 Å². The molecule has 0 aliphatic carbocycles. The first kappa shape index (κ1) is 19.1. The number of carbonyl (C=O) groups excluding carboxylic acids is 2. The molecule has 2 unspecified atom stereocenters. The number of thiophene rings is 1. The Morgan fingerprint density at radius 2 is 1.93 bits per heavy atom. The lowest BCUT2D eigenvalue weighted by molar-refractivity contribution is -0.120. The highest BCUT2D eigenvalue weighted by Crippen LogP contribution is 2.32. The van der Waals surface area contributed by atoms with Crippen molar-refractivity contribution in [2.45, 2.75) is 12.0 Å². The molecule has 1 aromatic heterocycles. The van der Waals surface area contributed by atoms with Gasteiger partial charge < -0.3 is 15.4 Å². The van der Waals surface area contributed by atoms with E-state index in [4.69, 9.17) is 4.74 Å². The summed E-state index contributed by atoms with van der Waals surface area (Å²) in [5.41, 5.74) is -0.267. The molecule has 0 bridgehead atoms. The maximum absolute atomic E-state index is 14.5. The van der Waals surface area contributed by atoms with Gasteiger partial charge in [0, 0.05) is 34.9 Å². The highest BCUT2D eigenvalue weighted by Gasteiger charge is 2.40. The maximum atomic E-state index is 14.5. The smallest absolute Gasteiger partial charge is 0.320 e. The Labute approximate surface area is 168 Å². The molecule has 2 aromatic carbocycles. The van der Waals surface area contributed by atoms with Crippen LogP contribution in [0.2, 0.25) is 0 Å². The van der Waals surface area contributed by atoms with Crippen molar-refractivity contribution in [3.05, 3.63) is 59.7 Å². The summed E-state index contributed by atoms with van der Waals surface area (Å²) in [6, 6.07) is 9.82. The zero-order valence-corrected chi connectivity index (χ0v) is 16.1. The molecule has 6 nitrogen and oxygen atoms in total. The second-order valence-electron chi connectivity index (χ2n) is 6.58. The number of benzene rings is 2. The first-order chi connectivity index (χ1) is 14.0. The number of amides is 3. The van der Waals surface area contributed by atoms with Gasteiger partial charge in [-0.1, -0.05) is 18.2 Å². The van der Waals surface area contributed by atoms with Crippen molar-refractivity contribution in [2.75, 3.05) is 19.0 Å². The molecule has 4 rings (SSSR count). The van der Waals surface area contributed by atoms with Crippen LogP contribution >= 0.6 is 11.3 Å². The number of hydrogen-bond donors (Lipinski definition) is 3. The van der Waals surface area contributed by atoms with Crippen molar-refractivity contribution in [3.8, 4) is 5.75 Å². The van der Waals surface area contributed by atoms with E-state index < -0.39 is 35.5 Å². The standard InChI is InChI=1S/C20H17F2N3O3S/c1-28-11-7-13(21)17(14(22)8-11)12-9-23-19(26)18(12)25-20(27)24-16-6-10-4-2-3-5-15(10)29-16/h2-8,12,18H,9H2,1H3,(H,23,26)(H2,24,25,27). The van der Waals surface area contributed by atoms with Crippen molar-refractivity contribution in [1.29, 1.82) is 0 Å². The summed E-state index contributed by atoms with van der Waals surface area (Å²) in [5, 5.41) is 9.34. The molecule has 0 saturated carbocycles. The first-order valence-electron chi connectivity index (χ1n) is 8.83. The predicted molar refractivity (Wildman–Crippen MR) is 106 cm³/mol. The average molecular weight is 417 g/mol. The van der Waals surface area contributed by atoms with Crippen LogP contribution in [0.3, 0.4) is 0 Å². The summed E-state index contributed by atoms with van der Waals surface area (Å²) in [6.45, 7) is 0.00678. The van der Waals surface area contributed by atoms with E-state index in [1.54, 1.807) is 0 Å². The third kappa shape index (κ3) is 3.73. The summed E-state index contributed by atoms with van der Waals surface area (Å²) < 4.78 is 34.8. The number of ether oxygens (including phenoxy) is 1. The third-order valence-electron chi connectivity index (χ3n) is 4.79. The molecule has 2 atom stereocenters. The van der Waals surface area contributed by atoms with Crippen LogP contribution < -0.4 is 20.7 Å². The fraction of sp³-hybridized carbons (Fsp3) is 0.200. The number of hydrogen-bond acceptors (Lipinski definition) is 4. The van der Waals surface area contributed by atoms with E-state index in [2.05, 4.69) is 16.0 Å². The van der Waals surface area contributed by atoms with Crippen molar-refractivity contribution in [3.63, 3.8) is 0 Å². The molecule has 3 N–H and O–H groups in total. The normalized spacial score (nSPS) is 18.5. The van der Waals surface area contributed by atoms with Gasteiger partial charge in [0.15, 0.2) is 0 Å². The predicted octanol–water partition coefficient (Wildman–Crippen LogP) is 3.59. The van der Waals surface area contributed by atoms with Crippen LogP contribution in [0.1, 0.15) is 11.5 Å². The zero-order chi connectivity index (χ0) is 20.5. The number of anilines is 1. The average Bonchev–Trinajstić information content (AvgIpc) is 3.25. The fourth-order valence-corrected chi connectivity index (χ4v) is 4.38.